The summed E-state index contributed by atoms with van der Waals surface area (Å²) in [6.45, 7) is 1.76. The van der Waals surface area contributed by atoms with Crippen molar-refractivity contribution in [2.24, 2.45) is 0 Å². The number of anilines is 1. The van der Waals surface area contributed by atoms with Gasteiger partial charge in [0.05, 0.1) is 25.5 Å². The first-order valence-electron chi connectivity index (χ1n) is 10.6. The molecule has 1 aromatic heterocycles. The van der Waals surface area contributed by atoms with Crippen LogP contribution in [0.5, 0.6) is 11.5 Å². The lowest BCUT2D eigenvalue weighted by Crippen LogP contribution is -2.32. The van der Waals surface area contributed by atoms with Gasteiger partial charge in [-0.05, 0) is 29.7 Å². The molecule has 0 bridgehead atoms. The van der Waals surface area contributed by atoms with E-state index >= 15 is 0 Å². The second-order valence-electron chi connectivity index (χ2n) is 7.53. The fraction of sp³-hybridized carbons (Fsp3) is 0.292. The number of aliphatic carboxylic acids is 1. The first-order chi connectivity index (χ1) is 16.3. The second-order valence-corrected chi connectivity index (χ2v) is 9.59. The molecule has 0 saturated heterocycles. The maximum absolute atomic E-state index is 12.3. The summed E-state index contributed by atoms with van der Waals surface area (Å²) >= 11 is 0. The summed E-state index contributed by atoms with van der Waals surface area (Å²) < 4.78 is 35.5. The van der Waals surface area contributed by atoms with Crippen molar-refractivity contribution in [2.75, 3.05) is 25.3 Å². The number of carboxylic acids is 1. The van der Waals surface area contributed by atoms with Crippen molar-refractivity contribution in [3.63, 3.8) is 0 Å². The van der Waals surface area contributed by atoms with Gasteiger partial charge in [0.1, 0.15) is 29.7 Å². The standard InChI is InChI=1S/C24H27N3O6S/c1-4-12-34(30,31)22-14-21(25-15-26-22)27-18(24(28)29)13-16-8-10-17(11-9-16)23-19(32-2)6-5-7-20(23)33-3/h5-11,14-15,18H,4,12-13H2,1-3H3,(H,28,29)(H,25,26,27)/t18-/m0/s1. The van der Waals surface area contributed by atoms with Crippen molar-refractivity contribution in [3.05, 3.63) is 60.4 Å². The Morgan fingerprint density at radius 1 is 1.06 bits per heavy atom. The maximum Gasteiger partial charge on any atom is 0.326 e. The van der Waals surface area contributed by atoms with Crippen LogP contribution in [0.2, 0.25) is 0 Å². The number of benzene rings is 2. The Labute approximate surface area is 198 Å². The van der Waals surface area contributed by atoms with Gasteiger partial charge in [0.2, 0.25) is 0 Å². The zero-order valence-electron chi connectivity index (χ0n) is 19.2. The lowest BCUT2D eigenvalue weighted by molar-refractivity contribution is -0.137. The number of hydrogen-bond acceptors (Lipinski definition) is 8. The molecule has 34 heavy (non-hydrogen) atoms. The Morgan fingerprint density at radius 2 is 1.71 bits per heavy atom. The molecule has 0 spiro atoms. The van der Waals surface area contributed by atoms with Gasteiger partial charge in [-0.25, -0.2) is 23.2 Å². The number of sulfone groups is 1. The van der Waals surface area contributed by atoms with E-state index in [-0.39, 0.29) is 23.0 Å². The monoisotopic (exact) mass is 485 g/mol. The summed E-state index contributed by atoms with van der Waals surface area (Å²) in [4.78, 5) is 19.7. The lowest BCUT2D eigenvalue weighted by Gasteiger charge is -2.16. The smallest absolute Gasteiger partial charge is 0.326 e. The summed E-state index contributed by atoms with van der Waals surface area (Å²) in [5.41, 5.74) is 2.43. The molecule has 180 valence electrons. The highest BCUT2D eigenvalue weighted by Gasteiger charge is 2.21. The largest absolute Gasteiger partial charge is 0.496 e. The molecular formula is C24H27N3O6S. The number of carbonyl (C=O) groups is 1. The first kappa shape index (κ1) is 25.0. The number of ether oxygens (including phenoxy) is 2. The molecule has 1 heterocycles. The summed E-state index contributed by atoms with van der Waals surface area (Å²) in [7, 11) is -0.379. The van der Waals surface area contributed by atoms with E-state index in [1.807, 2.05) is 42.5 Å². The van der Waals surface area contributed by atoms with Crippen molar-refractivity contribution in [2.45, 2.75) is 30.8 Å². The van der Waals surface area contributed by atoms with Gasteiger partial charge >= 0.3 is 5.97 Å². The Hall–Kier alpha value is -3.66. The molecule has 0 aliphatic heterocycles. The molecule has 2 N–H and O–H groups in total. The molecule has 0 radical (unpaired) electrons. The minimum absolute atomic E-state index is 0.0465. The van der Waals surface area contributed by atoms with Gasteiger partial charge in [0.15, 0.2) is 14.9 Å². The van der Waals surface area contributed by atoms with Crippen LogP contribution >= 0.6 is 0 Å². The number of aromatic nitrogens is 2. The highest BCUT2D eigenvalue weighted by atomic mass is 32.2. The normalized spacial score (nSPS) is 12.1. The maximum atomic E-state index is 12.3. The van der Waals surface area contributed by atoms with E-state index in [1.54, 1.807) is 21.1 Å². The van der Waals surface area contributed by atoms with Crippen LogP contribution in [-0.2, 0) is 21.1 Å². The molecule has 9 nitrogen and oxygen atoms in total. The number of nitrogens with one attached hydrogen (secondary N) is 1. The molecule has 0 amide bonds. The van der Waals surface area contributed by atoms with E-state index in [0.717, 1.165) is 23.0 Å². The van der Waals surface area contributed by atoms with Crippen molar-refractivity contribution >= 4 is 21.6 Å². The van der Waals surface area contributed by atoms with E-state index in [0.29, 0.717) is 17.9 Å². The van der Waals surface area contributed by atoms with E-state index in [1.165, 1.54) is 6.07 Å². The van der Waals surface area contributed by atoms with E-state index in [9.17, 15) is 18.3 Å². The molecule has 1 atom stereocenters. The predicted molar refractivity (Wildman–Crippen MR) is 128 cm³/mol. The molecule has 0 saturated carbocycles. The van der Waals surface area contributed by atoms with Crippen LogP contribution in [0, 0.1) is 0 Å². The molecule has 0 unspecified atom stereocenters. The topological polar surface area (TPSA) is 128 Å². The fourth-order valence-corrected chi connectivity index (χ4v) is 4.76. The Morgan fingerprint density at radius 3 is 2.26 bits per heavy atom. The third-order valence-corrected chi connectivity index (χ3v) is 6.97. The highest BCUT2D eigenvalue weighted by Crippen LogP contribution is 2.38. The first-order valence-corrected chi connectivity index (χ1v) is 12.3. The molecule has 0 fully saturated rings. The molecule has 0 aliphatic carbocycles. The Bertz CT molecular complexity index is 1220. The third kappa shape index (κ3) is 5.82. The van der Waals surface area contributed by atoms with E-state index in [4.69, 9.17) is 9.47 Å². The van der Waals surface area contributed by atoms with Crippen molar-refractivity contribution in [1.82, 2.24) is 9.97 Å². The number of methoxy groups -OCH3 is 2. The van der Waals surface area contributed by atoms with Gasteiger partial charge in [-0.3, -0.25) is 0 Å². The minimum Gasteiger partial charge on any atom is -0.496 e. The van der Waals surface area contributed by atoms with Crippen LogP contribution in [-0.4, -0.2) is 55.5 Å². The second kappa shape index (κ2) is 11.0. The minimum atomic E-state index is -3.55. The SMILES string of the molecule is CCCS(=O)(=O)c1cc(N[C@@H](Cc2ccc(-c3c(OC)cccc3OC)cc2)C(=O)O)ncn1. The zero-order chi connectivity index (χ0) is 24.7. The summed E-state index contributed by atoms with van der Waals surface area (Å²) in [6.07, 6.45) is 1.71. The molecule has 2 aromatic carbocycles. The molecule has 3 rings (SSSR count). The van der Waals surface area contributed by atoms with Crippen LogP contribution in [0.1, 0.15) is 18.9 Å². The van der Waals surface area contributed by atoms with E-state index in [2.05, 4.69) is 15.3 Å². The molecular weight excluding hydrogens is 458 g/mol. The number of nitrogens with zero attached hydrogens (tertiary/aromatic N) is 2. The van der Waals surface area contributed by atoms with Crippen LogP contribution in [0.3, 0.4) is 0 Å². The summed E-state index contributed by atoms with van der Waals surface area (Å²) in [5, 5.41) is 12.4. The predicted octanol–water partition coefficient (Wildman–Crippen LogP) is 3.45. The van der Waals surface area contributed by atoms with Gasteiger partial charge in [0.25, 0.3) is 0 Å². The Kier molecular flexibility index (Phi) is 8.06. The van der Waals surface area contributed by atoms with Crippen LogP contribution in [0.4, 0.5) is 5.82 Å². The average molecular weight is 486 g/mol. The van der Waals surface area contributed by atoms with Gasteiger partial charge in [-0.2, -0.15) is 0 Å². The van der Waals surface area contributed by atoms with Crippen molar-refractivity contribution in [1.29, 1.82) is 0 Å². The number of hydrogen-bond donors (Lipinski definition) is 2. The van der Waals surface area contributed by atoms with Gasteiger partial charge in [-0.1, -0.05) is 37.3 Å². The summed E-state index contributed by atoms with van der Waals surface area (Å²) in [6, 6.07) is 13.2. The van der Waals surface area contributed by atoms with Crippen LogP contribution < -0.4 is 14.8 Å². The third-order valence-electron chi connectivity index (χ3n) is 5.16. The Balaban J connectivity index is 1.81. The van der Waals surface area contributed by atoms with Gasteiger partial charge < -0.3 is 19.9 Å². The quantitative estimate of drug-likeness (QED) is 0.392. The number of carboxylic acid groups (broad SMARTS) is 1. The molecule has 0 aliphatic rings. The highest BCUT2D eigenvalue weighted by molar-refractivity contribution is 7.91. The zero-order valence-corrected chi connectivity index (χ0v) is 20.0. The lowest BCUT2D eigenvalue weighted by atomic mass is 9.99. The van der Waals surface area contributed by atoms with E-state index < -0.39 is 21.8 Å². The van der Waals surface area contributed by atoms with Crippen LogP contribution in [0.15, 0.2) is 59.9 Å². The van der Waals surface area contributed by atoms with Gasteiger partial charge in [0, 0.05) is 12.5 Å². The van der Waals surface area contributed by atoms with Crippen LogP contribution in [0.25, 0.3) is 11.1 Å². The molecule has 10 heteroatoms. The number of rotatable bonds is 11. The molecule has 3 aromatic rings. The average Bonchev–Trinajstić information content (AvgIpc) is 2.83. The van der Waals surface area contributed by atoms with Crippen molar-refractivity contribution in [3.8, 4) is 22.6 Å². The summed E-state index contributed by atoms with van der Waals surface area (Å²) in [5.74, 6) is 0.318. The van der Waals surface area contributed by atoms with Crippen molar-refractivity contribution < 1.29 is 27.8 Å². The fourth-order valence-electron chi connectivity index (χ4n) is 3.52. The van der Waals surface area contributed by atoms with Gasteiger partial charge in [-0.15, -0.1) is 0 Å².